The molecule has 0 radical (unpaired) electrons. The molecule has 1 atom stereocenters. The van der Waals surface area contributed by atoms with Crippen molar-refractivity contribution in [2.75, 3.05) is 29.0 Å². The van der Waals surface area contributed by atoms with Crippen molar-refractivity contribution in [2.24, 2.45) is 5.41 Å². The Morgan fingerprint density at radius 3 is 2.34 bits per heavy atom. The standard InChI is InChI=1S/C21H24N4O4/c1-14-8-9-16(23-19(28)22-15-6-4-3-5-7-15)12-17(14)24-20(29)25-11-10-21(2,13-25)18(26)27/h3-9,12H,10-11,13H2,1-2H3,(H,24,29)(H,26,27)(H2,22,23,28). The van der Waals surface area contributed by atoms with Gasteiger partial charge in [0.2, 0.25) is 0 Å². The molecule has 0 aromatic heterocycles. The van der Waals surface area contributed by atoms with Crippen LogP contribution in [0.5, 0.6) is 0 Å². The zero-order chi connectivity index (χ0) is 21.0. The van der Waals surface area contributed by atoms with Crippen molar-refractivity contribution in [2.45, 2.75) is 20.3 Å². The van der Waals surface area contributed by atoms with Crippen LogP contribution in [-0.4, -0.2) is 41.1 Å². The lowest BCUT2D eigenvalue weighted by Gasteiger charge is -2.21. The zero-order valence-electron chi connectivity index (χ0n) is 16.4. The molecule has 4 amide bonds. The van der Waals surface area contributed by atoms with Gasteiger partial charge in [-0.3, -0.25) is 4.79 Å². The molecule has 1 fully saturated rings. The minimum atomic E-state index is -0.925. The number of nitrogens with one attached hydrogen (secondary N) is 3. The van der Waals surface area contributed by atoms with Gasteiger partial charge in [-0.1, -0.05) is 24.3 Å². The van der Waals surface area contributed by atoms with E-state index < -0.39 is 17.4 Å². The fourth-order valence-corrected chi connectivity index (χ4v) is 3.15. The SMILES string of the molecule is Cc1ccc(NC(=O)Nc2ccccc2)cc1NC(=O)N1CCC(C)(C(=O)O)C1. The number of urea groups is 2. The predicted octanol–water partition coefficient (Wildman–Crippen LogP) is 3.97. The van der Waals surface area contributed by atoms with Gasteiger partial charge in [-0.15, -0.1) is 0 Å². The summed E-state index contributed by atoms with van der Waals surface area (Å²) in [7, 11) is 0. The second-order valence-electron chi connectivity index (χ2n) is 7.44. The summed E-state index contributed by atoms with van der Waals surface area (Å²) in [5.74, 6) is -0.903. The highest BCUT2D eigenvalue weighted by molar-refractivity contribution is 6.00. The Morgan fingerprint density at radius 2 is 1.69 bits per heavy atom. The van der Waals surface area contributed by atoms with Gasteiger partial charge in [-0.05, 0) is 50.1 Å². The van der Waals surface area contributed by atoms with Gasteiger partial charge < -0.3 is 26.0 Å². The maximum Gasteiger partial charge on any atom is 0.323 e. The van der Waals surface area contributed by atoms with Crippen LogP contribution < -0.4 is 16.0 Å². The van der Waals surface area contributed by atoms with Crippen LogP contribution in [0.3, 0.4) is 0 Å². The largest absolute Gasteiger partial charge is 0.481 e. The van der Waals surface area contributed by atoms with Crippen molar-refractivity contribution in [3.8, 4) is 0 Å². The summed E-state index contributed by atoms with van der Waals surface area (Å²) in [6.45, 7) is 4.02. The third kappa shape index (κ3) is 4.84. The fraction of sp³-hybridized carbons (Fsp3) is 0.286. The lowest BCUT2D eigenvalue weighted by molar-refractivity contribution is -0.146. The third-order valence-electron chi connectivity index (χ3n) is 5.05. The average molecular weight is 396 g/mol. The van der Waals surface area contributed by atoms with Gasteiger partial charge in [-0.2, -0.15) is 0 Å². The van der Waals surface area contributed by atoms with Crippen molar-refractivity contribution in [3.05, 3.63) is 54.1 Å². The highest BCUT2D eigenvalue weighted by Crippen LogP contribution is 2.31. The number of carbonyl (C=O) groups excluding carboxylic acids is 2. The number of hydrogen-bond donors (Lipinski definition) is 4. The number of nitrogens with zero attached hydrogens (tertiary/aromatic N) is 1. The number of carboxylic acids is 1. The lowest BCUT2D eigenvalue weighted by atomic mass is 9.90. The van der Waals surface area contributed by atoms with Crippen LogP contribution in [0, 0.1) is 12.3 Å². The number of aliphatic carboxylic acids is 1. The average Bonchev–Trinajstić information content (AvgIpc) is 3.09. The van der Waals surface area contributed by atoms with E-state index in [1.807, 2.05) is 25.1 Å². The molecule has 2 aromatic carbocycles. The number of benzene rings is 2. The molecule has 0 saturated carbocycles. The highest BCUT2D eigenvalue weighted by Gasteiger charge is 2.42. The Hall–Kier alpha value is -3.55. The number of carboxylic acid groups (broad SMARTS) is 1. The van der Waals surface area contributed by atoms with Gasteiger partial charge in [0.1, 0.15) is 0 Å². The molecular weight excluding hydrogens is 372 g/mol. The molecule has 2 aromatic rings. The van der Waals surface area contributed by atoms with Gasteiger partial charge in [-0.25, -0.2) is 9.59 Å². The van der Waals surface area contributed by atoms with Gasteiger partial charge in [0.05, 0.1) is 5.41 Å². The summed E-state index contributed by atoms with van der Waals surface area (Å²) < 4.78 is 0. The number of likely N-dealkylation sites (tertiary alicyclic amines) is 1. The number of rotatable bonds is 4. The highest BCUT2D eigenvalue weighted by atomic mass is 16.4. The number of carbonyl (C=O) groups is 3. The predicted molar refractivity (Wildman–Crippen MR) is 111 cm³/mol. The van der Waals surface area contributed by atoms with Gasteiger partial charge >= 0.3 is 18.0 Å². The topological polar surface area (TPSA) is 111 Å². The zero-order valence-corrected chi connectivity index (χ0v) is 16.4. The number of amides is 4. The number of para-hydroxylation sites is 1. The van der Waals surface area contributed by atoms with Gasteiger partial charge in [0.25, 0.3) is 0 Å². The van der Waals surface area contributed by atoms with Gasteiger partial charge in [0, 0.05) is 30.2 Å². The molecule has 1 heterocycles. The van der Waals surface area contributed by atoms with Crippen LogP contribution in [-0.2, 0) is 4.79 Å². The van der Waals surface area contributed by atoms with Crippen LogP contribution in [0.4, 0.5) is 26.7 Å². The number of anilines is 3. The third-order valence-corrected chi connectivity index (χ3v) is 5.05. The second kappa shape index (κ2) is 8.22. The lowest BCUT2D eigenvalue weighted by Crippen LogP contribution is -2.37. The summed E-state index contributed by atoms with van der Waals surface area (Å²) in [5, 5.41) is 17.6. The molecule has 1 saturated heterocycles. The van der Waals surface area contributed by atoms with E-state index in [4.69, 9.17) is 0 Å². The quantitative estimate of drug-likeness (QED) is 0.627. The molecule has 0 spiro atoms. The molecule has 0 bridgehead atoms. The molecular formula is C21H24N4O4. The minimum absolute atomic E-state index is 0.157. The summed E-state index contributed by atoms with van der Waals surface area (Å²) in [5.41, 5.74) is 1.65. The summed E-state index contributed by atoms with van der Waals surface area (Å²) >= 11 is 0. The molecule has 1 unspecified atom stereocenters. The van der Waals surface area contributed by atoms with Crippen molar-refractivity contribution < 1.29 is 19.5 Å². The van der Waals surface area contributed by atoms with Gasteiger partial charge in [0.15, 0.2) is 0 Å². The van der Waals surface area contributed by atoms with E-state index in [1.165, 1.54) is 4.90 Å². The molecule has 8 nitrogen and oxygen atoms in total. The van der Waals surface area contributed by atoms with Crippen molar-refractivity contribution in [1.29, 1.82) is 0 Å². The monoisotopic (exact) mass is 396 g/mol. The summed E-state index contributed by atoms with van der Waals surface area (Å²) in [6, 6.07) is 13.5. The Bertz CT molecular complexity index is 932. The summed E-state index contributed by atoms with van der Waals surface area (Å²) in [4.78, 5) is 37.6. The van der Waals surface area contributed by atoms with E-state index >= 15 is 0 Å². The van der Waals surface area contributed by atoms with Crippen LogP contribution in [0.2, 0.25) is 0 Å². The van der Waals surface area contributed by atoms with Crippen LogP contribution in [0.25, 0.3) is 0 Å². The molecule has 1 aliphatic heterocycles. The van der Waals surface area contributed by atoms with E-state index in [1.54, 1.807) is 37.3 Å². The molecule has 0 aliphatic carbocycles. The van der Waals surface area contributed by atoms with Crippen LogP contribution >= 0.6 is 0 Å². The first-order valence-corrected chi connectivity index (χ1v) is 9.30. The first kappa shape index (κ1) is 20.2. The van der Waals surface area contributed by atoms with Crippen molar-refractivity contribution in [1.82, 2.24) is 4.90 Å². The molecule has 4 N–H and O–H groups in total. The molecule has 29 heavy (non-hydrogen) atoms. The van der Waals surface area contributed by atoms with Crippen molar-refractivity contribution >= 4 is 35.1 Å². The van der Waals surface area contributed by atoms with E-state index in [2.05, 4.69) is 16.0 Å². The smallest absolute Gasteiger partial charge is 0.323 e. The van der Waals surface area contributed by atoms with E-state index in [0.717, 1.165) is 5.56 Å². The first-order valence-electron chi connectivity index (χ1n) is 9.30. The molecule has 3 rings (SSSR count). The Balaban J connectivity index is 1.64. The maximum atomic E-state index is 12.6. The van der Waals surface area contributed by atoms with Crippen LogP contribution in [0.15, 0.2) is 48.5 Å². The first-order chi connectivity index (χ1) is 13.8. The van der Waals surface area contributed by atoms with Crippen LogP contribution in [0.1, 0.15) is 18.9 Å². The summed E-state index contributed by atoms with van der Waals surface area (Å²) in [6.07, 6.45) is 0.413. The number of hydrogen-bond acceptors (Lipinski definition) is 3. The Morgan fingerprint density at radius 1 is 1.00 bits per heavy atom. The van der Waals surface area contributed by atoms with E-state index in [9.17, 15) is 19.5 Å². The van der Waals surface area contributed by atoms with Crippen molar-refractivity contribution in [3.63, 3.8) is 0 Å². The van der Waals surface area contributed by atoms with E-state index in [0.29, 0.717) is 30.0 Å². The number of aryl methyl sites for hydroxylation is 1. The minimum Gasteiger partial charge on any atom is -0.481 e. The molecule has 8 heteroatoms. The molecule has 1 aliphatic rings. The fourth-order valence-electron chi connectivity index (χ4n) is 3.15. The second-order valence-corrected chi connectivity index (χ2v) is 7.44. The van der Waals surface area contributed by atoms with E-state index in [-0.39, 0.29) is 12.6 Å². The Labute approximate surface area is 168 Å². The normalized spacial score (nSPS) is 18.2. The Kier molecular flexibility index (Phi) is 5.72. The molecule has 152 valence electrons. The maximum absolute atomic E-state index is 12.6.